The molecular weight excluding hydrogens is 911 g/mol. The summed E-state index contributed by atoms with van der Waals surface area (Å²) in [6.45, 7) is 4.73. The van der Waals surface area contributed by atoms with Crippen LogP contribution in [0.2, 0.25) is 0 Å². The predicted octanol–water partition coefficient (Wildman–Crippen LogP) is 20.3. The van der Waals surface area contributed by atoms with Gasteiger partial charge in [-0.25, -0.2) is 0 Å². The molecule has 0 fully saturated rings. The highest BCUT2D eigenvalue weighted by atomic mass is 32.1. The molecule has 0 unspecified atom stereocenters. The average Bonchev–Trinajstić information content (AvgIpc) is 4.06. The van der Waals surface area contributed by atoms with Crippen LogP contribution in [-0.2, 0) is 5.41 Å². The number of para-hydroxylation sites is 3. The lowest BCUT2D eigenvalue weighted by Crippen LogP contribution is -2.16. The first-order chi connectivity index (χ1) is 35.4. The maximum atomic E-state index is 2.47. The molecule has 72 heavy (non-hydrogen) atoms. The minimum Gasteiger partial charge on any atom is -0.310 e. The van der Waals surface area contributed by atoms with Gasteiger partial charge in [0, 0.05) is 96.6 Å². The highest BCUT2D eigenvalue weighted by Gasteiger charge is 2.36. The molecule has 0 atom stereocenters. The molecule has 0 saturated heterocycles. The normalized spacial score (nSPS) is 12.7. The predicted molar refractivity (Wildman–Crippen MR) is 311 cm³/mol. The van der Waals surface area contributed by atoms with Crippen molar-refractivity contribution in [3.63, 3.8) is 0 Å². The van der Waals surface area contributed by atoms with E-state index in [0.717, 1.165) is 45.5 Å². The first-order valence-electron chi connectivity index (χ1n) is 24.6. The molecule has 2 heterocycles. The zero-order valence-electron chi connectivity index (χ0n) is 39.8. The number of benzene rings is 11. The maximum Gasteiger partial charge on any atom is 0.0540 e. The second-order valence-corrected chi connectivity index (χ2v) is 21.5. The maximum absolute atomic E-state index is 2.47. The van der Waals surface area contributed by atoms with Crippen molar-refractivity contribution in [2.45, 2.75) is 19.3 Å². The van der Waals surface area contributed by atoms with Crippen LogP contribution in [0.15, 0.2) is 249 Å². The first kappa shape index (κ1) is 42.4. The molecule has 2 aromatic heterocycles. The molecule has 0 aliphatic heterocycles. The molecule has 0 amide bonds. The van der Waals surface area contributed by atoms with E-state index in [2.05, 4.69) is 277 Å². The van der Waals surface area contributed by atoms with Crippen LogP contribution < -0.4 is 14.7 Å². The van der Waals surface area contributed by atoms with Crippen LogP contribution >= 0.6 is 22.7 Å². The molecule has 1 aliphatic rings. The molecule has 11 aromatic carbocycles. The highest BCUT2D eigenvalue weighted by molar-refractivity contribution is 7.26. The second kappa shape index (κ2) is 16.8. The molecule has 3 nitrogen and oxygen atoms in total. The van der Waals surface area contributed by atoms with Crippen LogP contribution in [-0.4, -0.2) is 0 Å². The number of fused-ring (bicyclic) bond motifs is 10. The van der Waals surface area contributed by atoms with Crippen molar-refractivity contribution >= 4 is 125 Å². The summed E-state index contributed by atoms with van der Waals surface area (Å²) >= 11 is 3.72. The van der Waals surface area contributed by atoms with Gasteiger partial charge < -0.3 is 14.7 Å². The zero-order valence-corrected chi connectivity index (χ0v) is 41.5. The average molecular weight is 958 g/mol. The Morgan fingerprint density at radius 1 is 0.278 bits per heavy atom. The monoisotopic (exact) mass is 957 g/mol. The third kappa shape index (κ3) is 6.91. The third-order valence-electron chi connectivity index (χ3n) is 14.8. The Morgan fingerprint density at radius 2 is 0.722 bits per heavy atom. The lowest BCUT2D eigenvalue weighted by atomic mass is 9.82. The van der Waals surface area contributed by atoms with E-state index in [1.807, 2.05) is 22.7 Å². The molecule has 0 bridgehead atoms. The molecule has 14 rings (SSSR count). The molecule has 0 N–H and O–H groups in total. The van der Waals surface area contributed by atoms with Crippen LogP contribution in [0.5, 0.6) is 0 Å². The van der Waals surface area contributed by atoms with Gasteiger partial charge in [0.1, 0.15) is 0 Å². The molecule has 5 heteroatoms. The second-order valence-electron chi connectivity index (χ2n) is 19.3. The molecule has 13 aromatic rings. The Bertz CT molecular complexity index is 4170. The van der Waals surface area contributed by atoms with Crippen molar-refractivity contribution in [2.75, 3.05) is 14.7 Å². The highest BCUT2D eigenvalue weighted by Crippen LogP contribution is 2.52. The number of thiophene rings is 2. The Kier molecular flexibility index (Phi) is 9.92. The fourth-order valence-electron chi connectivity index (χ4n) is 11.4. The fourth-order valence-corrected chi connectivity index (χ4v) is 13.6. The van der Waals surface area contributed by atoms with Crippen molar-refractivity contribution in [1.29, 1.82) is 0 Å². The van der Waals surface area contributed by atoms with E-state index in [1.54, 1.807) is 0 Å². The van der Waals surface area contributed by atoms with E-state index in [9.17, 15) is 0 Å². The van der Waals surface area contributed by atoms with Crippen molar-refractivity contribution in [3.8, 4) is 11.1 Å². The summed E-state index contributed by atoms with van der Waals surface area (Å²) in [7, 11) is 0. The van der Waals surface area contributed by atoms with E-state index < -0.39 is 0 Å². The Labute approximate surface area is 427 Å². The van der Waals surface area contributed by atoms with Crippen LogP contribution in [0.1, 0.15) is 25.0 Å². The van der Waals surface area contributed by atoms with Crippen LogP contribution in [0, 0.1) is 0 Å². The summed E-state index contributed by atoms with van der Waals surface area (Å²) in [6, 6.07) is 91.5. The number of hydrogen-bond donors (Lipinski definition) is 0. The zero-order chi connectivity index (χ0) is 47.9. The Morgan fingerprint density at radius 3 is 1.33 bits per heavy atom. The third-order valence-corrected chi connectivity index (χ3v) is 17.1. The lowest BCUT2D eigenvalue weighted by molar-refractivity contribution is 0.660. The van der Waals surface area contributed by atoms with Gasteiger partial charge in [0.05, 0.1) is 5.69 Å². The molecule has 0 spiro atoms. The number of hydrogen-bond acceptors (Lipinski definition) is 5. The lowest BCUT2D eigenvalue weighted by Gasteiger charge is -2.29. The summed E-state index contributed by atoms with van der Waals surface area (Å²) in [6.07, 6.45) is 0. The van der Waals surface area contributed by atoms with Crippen LogP contribution in [0.25, 0.3) is 62.2 Å². The van der Waals surface area contributed by atoms with E-state index >= 15 is 0 Å². The summed E-state index contributed by atoms with van der Waals surface area (Å²) in [5.41, 5.74) is 15.5. The quantitative estimate of drug-likeness (QED) is 0.143. The van der Waals surface area contributed by atoms with Gasteiger partial charge >= 0.3 is 0 Å². The van der Waals surface area contributed by atoms with E-state index in [1.165, 1.54) is 79.1 Å². The molecule has 1 aliphatic carbocycles. The van der Waals surface area contributed by atoms with Gasteiger partial charge in [0.15, 0.2) is 0 Å². The number of anilines is 9. The van der Waals surface area contributed by atoms with Crippen LogP contribution in [0.4, 0.5) is 51.2 Å². The van der Waals surface area contributed by atoms with Crippen LogP contribution in [0.3, 0.4) is 0 Å². The number of nitrogens with zero attached hydrogens (tertiary/aromatic N) is 3. The first-order valence-corrected chi connectivity index (χ1v) is 26.3. The van der Waals surface area contributed by atoms with Gasteiger partial charge in [-0.1, -0.05) is 147 Å². The van der Waals surface area contributed by atoms with Crippen molar-refractivity contribution < 1.29 is 0 Å². The summed E-state index contributed by atoms with van der Waals surface area (Å²) < 4.78 is 5.06. The standard InChI is InChI=1S/C67H47N3S2/c1-67(2)60-27-15-14-26-54(60)55-34-29-50(41-61(55)67)70(62-28-16-18-44-17-12-13-25-53(44)62)52-31-36-57-59-40-49(33-38-64(59)72-66(57)43-52)69(47-23-10-5-11-24-47)48-32-37-63-58(39-48)56-35-30-51(42-65(56)71-63)68(45-19-6-3-7-20-45)46-21-8-4-9-22-46/h3-43H,1-2H3. The van der Waals surface area contributed by atoms with Crippen molar-refractivity contribution in [2.24, 2.45) is 0 Å². The van der Waals surface area contributed by atoms with E-state index in [4.69, 9.17) is 0 Å². The summed E-state index contributed by atoms with van der Waals surface area (Å²) in [5.74, 6) is 0. The van der Waals surface area contributed by atoms with Gasteiger partial charge in [-0.15, -0.1) is 22.7 Å². The molecular formula is C67H47N3S2. The van der Waals surface area contributed by atoms with Gasteiger partial charge in [-0.05, 0) is 143 Å². The minimum absolute atomic E-state index is 0.117. The van der Waals surface area contributed by atoms with E-state index in [-0.39, 0.29) is 5.41 Å². The minimum atomic E-state index is -0.117. The van der Waals surface area contributed by atoms with Gasteiger partial charge in [-0.3, -0.25) is 0 Å². The van der Waals surface area contributed by atoms with Gasteiger partial charge in [0.2, 0.25) is 0 Å². The fraction of sp³-hybridized carbons (Fsp3) is 0.0448. The summed E-state index contributed by atoms with van der Waals surface area (Å²) in [5, 5.41) is 7.48. The molecule has 0 saturated carbocycles. The van der Waals surface area contributed by atoms with Gasteiger partial charge in [-0.2, -0.15) is 0 Å². The SMILES string of the molecule is CC1(C)c2ccccc2-c2ccc(N(c3ccc4c(c3)sc3ccc(N(c5ccccc5)c5ccc6sc7cc(N(c8ccccc8)c8ccccc8)ccc7c6c5)cc34)c3cccc4ccccc34)cc21. The van der Waals surface area contributed by atoms with Crippen molar-refractivity contribution in [3.05, 3.63) is 260 Å². The smallest absolute Gasteiger partial charge is 0.0540 e. The molecule has 0 radical (unpaired) electrons. The van der Waals surface area contributed by atoms with Gasteiger partial charge in [0.25, 0.3) is 0 Å². The Hall–Kier alpha value is -8.48. The van der Waals surface area contributed by atoms with E-state index in [0.29, 0.717) is 0 Å². The Balaban J connectivity index is 0.871. The molecule has 342 valence electrons. The largest absolute Gasteiger partial charge is 0.310 e. The summed E-state index contributed by atoms with van der Waals surface area (Å²) in [4.78, 5) is 7.23. The topological polar surface area (TPSA) is 9.72 Å². The number of rotatable bonds is 9. The van der Waals surface area contributed by atoms with Crippen molar-refractivity contribution in [1.82, 2.24) is 0 Å².